The Morgan fingerprint density at radius 1 is 1.11 bits per heavy atom. The van der Waals surface area contributed by atoms with Crippen molar-refractivity contribution in [3.63, 3.8) is 0 Å². The van der Waals surface area contributed by atoms with E-state index < -0.39 is 0 Å². The van der Waals surface area contributed by atoms with Gasteiger partial charge in [-0.1, -0.05) is 11.6 Å². The summed E-state index contributed by atoms with van der Waals surface area (Å²) in [4.78, 5) is 1.91. The highest BCUT2D eigenvalue weighted by atomic mass is 35.5. The molecule has 3 rings (SSSR count). The van der Waals surface area contributed by atoms with Gasteiger partial charge >= 0.3 is 0 Å². The molecule has 0 fully saturated rings. The lowest BCUT2D eigenvalue weighted by atomic mass is 10.1. The average Bonchev–Trinajstić information content (AvgIpc) is 2.89. The van der Waals surface area contributed by atoms with E-state index in [1.807, 2.05) is 43.3 Å². The summed E-state index contributed by atoms with van der Waals surface area (Å²) in [7, 11) is 3.86. The van der Waals surface area contributed by atoms with Gasteiger partial charge < -0.3 is 4.90 Å². The van der Waals surface area contributed by atoms with Crippen molar-refractivity contribution >= 4 is 28.3 Å². The summed E-state index contributed by atoms with van der Waals surface area (Å²) in [6, 6.07) is 7.63. The maximum atomic E-state index is 6.12. The maximum absolute atomic E-state index is 6.12. The molecule has 0 atom stereocenters. The van der Waals surface area contributed by atoms with Crippen molar-refractivity contribution in [1.82, 2.24) is 20.4 Å². The quantitative estimate of drug-likeness (QED) is 0.780. The fourth-order valence-corrected chi connectivity index (χ4v) is 2.13. The maximum Gasteiger partial charge on any atom is 0.150 e. The van der Waals surface area contributed by atoms with E-state index in [0.717, 1.165) is 28.0 Å². The number of aromatic nitrogens is 4. The number of aromatic amines is 1. The first-order chi connectivity index (χ1) is 9.16. The van der Waals surface area contributed by atoms with Crippen LogP contribution >= 0.6 is 11.6 Å². The lowest BCUT2D eigenvalue weighted by Crippen LogP contribution is -2.11. The Morgan fingerprint density at radius 3 is 2.63 bits per heavy atom. The fourth-order valence-electron chi connectivity index (χ4n) is 1.92. The van der Waals surface area contributed by atoms with E-state index in [1.165, 1.54) is 0 Å². The number of anilines is 1. The van der Waals surface area contributed by atoms with Crippen LogP contribution in [0, 0.1) is 0 Å². The smallest absolute Gasteiger partial charge is 0.150 e. The summed E-state index contributed by atoms with van der Waals surface area (Å²) in [5, 5.41) is 17.0. The molecule has 0 radical (unpaired) electrons. The Bertz CT molecular complexity index is 717. The summed E-state index contributed by atoms with van der Waals surface area (Å²) in [6.45, 7) is 0. The highest BCUT2D eigenvalue weighted by molar-refractivity contribution is 6.35. The van der Waals surface area contributed by atoms with Crippen LogP contribution in [0.15, 0.2) is 30.5 Å². The number of H-pyrrole nitrogens is 1. The van der Waals surface area contributed by atoms with Crippen molar-refractivity contribution < 1.29 is 0 Å². The molecular weight excluding hydrogens is 262 g/mol. The highest BCUT2D eigenvalue weighted by Crippen LogP contribution is 2.30. The van der Waals surface area contributed by atoms with E-state index in [-0.39, 0.29) is 0 Å². The summed E-state index contributed by atoms with van der Waals surface area (Å²) >= 11 is 6.12. The third kappa shape index (κ3) is 2.02. The molecule has 0 amide bonds. The standard InChI is InChI=1S/C13H12ClN5/c1-19(2)12-6-5-11(16-17-12)8-3-4-10(14)9-7-15-18-13(8)9/h3-7H,1-2H3,(H,15,18). The van der Waals surface area contributed by atoms with Gasteiger partial charge in [0.25, 0.3) is 0 Å². The normalized spacial score (nSPS) is 10.9. The molecule has 0 unspecified atom stereocenters. The Morgan fingerprint density at radius 2 is 1.95 bits per heavy atom. The van der Waals surface area contributed by atoms with E-state index >= 15 is 0 Å². The molecule has 0 saturated heterocycles. The second-order valence-electron chi connectivity index (χ2n) is 4.42. The van der Waals surface area contributed by atoms with Crippen LogP contribution in [0.5, 0.6) is 0 Å². The first-order valence-corrected chi connectivity index (χ1v) is 6.17. The molecule has 1 N–H and O–H groups in total. The summed E-state index contributed by atoms with van der Waals surface area (Å²) in [6.07, 6.45) is 1.71. The van der Waals surface area contributed by atoms with Crippen LogP contribution < -0.4 is 4.90 Å². The molecule has 3 aromatic rings. The zero-order chi connectivity index (χ0) is 13.4. The van der Waals surface area contributed by atoms with Gasteiger partial charge in [0.2, 0.25) is 0 Å². The second kappa shape index (κ2) is 4.51. The minimum absolute atomic E-state index is 0.672. The number of hydrogen-bond acceptors (Lipinski definition) is 4. The number of rotatable bonds is 2. The molecule has 0 bridgehead atoms. The summed E-state index contributed by atoms with van der Waals surface area (Å²) in [5.74, 6) is 0.818. The van der Waals surface area contributed by atoms with Crippen LogP contribution in [0.4, 0.5) is 5.82 Å². The minimum atomic E-state index is 0.672. The van der Waals surface area contributed by atoms with E-state index in [9.17, 15) is 0 Å². The van der Waals surface area contributed by atoms with Gasteiger partial charge in [0.05, 0.1) is 22.4 Å². The van der Waals surface area contributed by atoms with E-state index in [2.05, 4.69) is 20.4 Å². The van der Waals surface area contributed by atoms with E-state index in [4.69, 9.17) is 11.6 Å². The fraction of sp³-hybridized carbons (Fsp3) is 0.154. The van der Waals surface area contributed by atoms with Crippen molar-refractivity contribution in [2.75, 3.05) is 19.0 Å². The lowest BCUT2D eigenvalue weighted by molar-refractivity contribution is 0.969. The van der Waals surface area contributed by atoms with Crippen LogP contribution in [-0.4, -0.2) is 34.5 Å². The number of nitrogens with one attached hydrogen (secondary N) is 1. The predicted molar refractivity (Wildman–Crippen MR) is 76.5 cm³/mol. The molecule has 0 aliphatic carbocycles. The molecule has 0 saturated carbocycles. The van der Waals surface area contributed by atoms with Gasteiger partial charge in [-0.05, 0) is 24.3 Å². The second-order valence-corrected chi connectivity index (χ2v) is 4.83. The largest absolute Gasteiger partial charge is 0.361 e. The molecule has 5 nitrogen and oxygen atoms in total. The van der Waals surface area contributed by atoms with Crippen molar-refractivity contribution in [3.8, 4) is 11.3 Å². The Hall–Kier alpha value is -2.14. The number of halogens is 1. The van der Waals surface area contributed by atoms with Gasteiger partial charge in [-0.2, -0.15) is 5.10 Å². The molecular formula is C13H12ClN5. The molecule has 0 aliphatic heterocycles. The zero-order valence-corrected chi connectivity index (χ0v) is 11.3. The first-order valence-electron chi connectivity index (χ1n) is 5.80. The summed E-state index contributed by atoms with van der Waals surface area (Å²) < 4.78 is 0. The van der Waals surface area contributed by atoms with Gasteiger partial charge in [0.1, 0.15) is 0 Å². The van der Waals surface area contributed by atoms with Crippen molar-refractivity contribution in [2.24, 2.45) is 0 Å². The lowest BCUT2D eigenvalue weighted by Gasteiger charge is -2.10. The van der Waals surface area contributed by atoms with Crippen LogP contribution in [0.1, 0.15) is 0 Å². The van der Waals surface area contributed by atoms with Crippen molar-refractivity contribution in [2.45, 2.75) is 0 Å². The monoisotopic (exact) mass is 273 g/mol. The SMILES string of the molecule is CN(C)c1ccc(-c2ccc(Cl)c3cn[nH]c23)nn1. The molecule has 1 aromatic carbocycles. The van der Waals surface area contributed by atoms with Crippen LogP contribution in [0.2, 0.25) is 5.02 Å². The average molecular weight is 274 g/mol. The minimum Gasteiger partial charge on any atom is -0.361 e. The van der Waals surface area contributed by atoms with E-state index in [1.54, 1.807) is 6.20 Å². The molecule has 2 heterocycles. The predicted octanol–water partition coefficient (Wildman–Crippen LogP) is 2.74. The van der Waals surface area contributed by atoms with Crippen molar-refractivity contribution in [3.05, 3.63) is 35.5 Å². The third-order valence-corrected chi connectivity index (χ3v) is 3.28. The van der Waals surface area contributed by atoms with Gasteiger partial charge in [-0.15, -0.1) is 10.2 Å². The Balaban J connectivity index is 2.14. The summed E-state index contributed by atoms with van der Waals surface area (Å²) in [5.41, 5.74) is 2.60. The number of fused-ring (bicyclic) bond motifs is 1. The van der Waals surface area contributed by atoms with Crippen LogP contribution in [0.25, 0.3) is 22.2 Å². The van der Waals surface area contributed by atoms with Crippen LogP contribution in [0.3, 0.4) is 0 Å². The van der Waals surface area contributed by atoms with Gasteiger partial charge in [-0.3, -0.25) is 5.10 Å². The highest BCUT2D eigenvalue weighted by Gasteiger charge is 2.10. The van der Waals surface area contributed by atoms with E-state index in [0.29, 0.717) is 5.02 Å². The Labute approximate surface area is 115 Å². The molecule has 19 heavy (non-hydrogen) atoms. The van der Waals surface area contributed by atoms with Gasteiger partial charge in [0.15, 0.2) is 5.82 Å². The molecule has 96 valence electrons. The molecule has 0 aliphatic rings. The van der Waals surface area contributed by atoms with Gasteiger partial charge in [-0.25, -0.2) is 0 Å². The molecule has 0 spiro atoms. The van der Waals surface area contributed by atoms with Crippen molar-refractivity contribution in [1.29, 1.82) is 0 Å². The number of nitrogens with zero attached hydrogens (tertiary/aromatic N) is 4. The Kier molecular flexibility index (Phi) is 2.83. The topological polar surface area (TPSA) is 57.7 Å². The molecule has 6 heteroatoms. The van der Waals surface area contributed by atoms with Gasteiger partial charge in [0, 0.05) is 25.0 Å². The zero-order valence-electron chi connectivity index (χ0n) is 10.6. The molecule has 2 aromatic heterocycles. The van der Waals surface area contributed by atoms with Crippen LogP contribution in [-0.2, 0) is 0 Å². The number of hydrogen-bond donors (Lipinski definition) is 1. The number of benzene rings is 1. The first kappa shape index (κ1) is 11.9. The third-order valence-electron chi connectivity index (χ3n) is 2.95.